The molecule has 1 fully saturated rings. The Morgan fingerprint density at radius 3 is 2.51 bits per heavy atom. The Morgan fingerprint density at radius 1 is 1.19 bits per heavy atom. The zero-order valence-electron chi connectivity index (χ0n) is 21.2. The zero-order valence-corrected chi connectivity index (χ0v) is 21.2. The van der Waals surface area contributed by atoms with Gasteiger partial charge in [-0.05, 0) is 61.2 Å². The van der Waals surface area contributed by atoms with Crippen molar-refractivity contribution in [1.29, 1.82) is 0 Å². The Bertz CT molecular complexity index is 1250. The van der Waals surface area contributed by atoms with Crippen molar-refractivity contribution in [2.45, 2.75) is 26.7 Å². The Balaban J connectivity index is 0.000000367. The van der Waals surface area contributed by atoms with Crippen LogP contribution in [0.3, 0.4) is 0 Å². The van der Waals surface area contributed by atoms with Gasteiger partial charge in [-0.15, -0.1) is 12.8 Å². The number of terminal acetylenes is 1. The number of hydrogen-bond acceptors (Lipinski definition) is 5. The van der Waals surface area contributed by atoms with Crippen LogP contribution in [0, 0.1) is 25.6 Å². The van der Waals surface area contributed by atoms with Crippen LogP contribution in [0.25, 0.3) is 11.8 Å². The third-order valence-corrected chi connectivity index (χ3v) is 5.14. The summed E-state index contributed by atoms with van der Waals surface area (Å²) >= 11 is 0. The Kier molecular flexibility index (Phi) is 11.6. The van der Waals surface area contributed by atoms with Gasteiger partial charge in [0.25, 0.3) is 5.91 Å². The van der Waals surface area contributed by atoms with Crippen LogP contribution < -0.4 is 15.4 Å². The molecule has 194 valence electrons. The first-order chi connectivity index (χ1) is 17.9. The molecule has 0 spiro atoms. The average molecular weight is 506 g/mol. The van der Waals surface area contributed by atoms with Crippen molar-refractivity contribution in [3.05, 3.63) is 83.3 Å². The number of hydrogen-bond donors (Lipinski definition) is 3. The van der Waals surface area contributed by atoms with E-state index < -0.39 is 0 Å². The van der Waals surface area contributed by atoms with Crippen LogP contribution in [0.15, 0.2) is 65.7 Å². The maximum Gasteiger partial charge on any atom is 0.274 e. The van der Waals surface area contributed by atoms with Gasteiger partial charge in [0, 0.05) is 19.3 Å². The molecule has 9 heteroatoms. The van der Waals surface area contributed by atoms with Crippen LogP contribution in [-0.2, 0) is 11.2 Å². The van der Waals surface area contributed by atoms with Gasteiger partial charge < -0.3 is 19.7 Å². The minimum atomic E-state index is -0.249. The van der Waals surface area contributed by atoms with E-state index in [1.807, 2.05) is 42.8 Å². The molecule has 4 rings (SSSR count). The summed E-state index contributed by atoms with van der Waals surface area (Å²) in [7, 11) is 1.60. The predicted octanol–water partition coefficient (Wildman–Crippen LogP) is 3.63. The standard InChI is InChI=1S/C18H21N5O3.C8H9F.C2H2/c1-12-10-23(11-20-12)15-5-4-13(9-16(15)26-2)8-14-17(25)22-18(21-14)19-6-3-7-24;1-2-7-3-5-8(9)6-4-7;1-2/h4-5,8-11,24H,3,6-7H2,1-2H3,(H2,19,21,22,25);3-6H,2H2,1H3;1-2H/b14-8-;;. The molecule has 0 unspecified atom stereocenters. The predicted molar refractivity (Wildman–Crippen MR) is 144 cm³/mol. The van der Waals surface area contributed by atoms with Crippen LogP contribution >= 0.6 is 0 Å². The molecule has 3 aromatic rings. The molecule has 3 N–H and O–H groups in total. The van der Waals surface area contributed by atoms with Gasteiger partial charge in [-0.3, -0.25) is 15.1 Å². The van der Waals surface area contributed by atoms with Crippen LogP contribution in [-0.4, -0.2) is 46.8 Å². The van der Waals surface area contributed by atoms with Crippen molar-refractivity contribution in [2.24, 2.45) is 4.99 Å². The quantitative estimate of drug-likeness (QED) is 0.259. The van der Waals surface area contributed by atoms with Gasteiger partial charge in [0.1, 0.15) is 17.3 Å². The number of imidazole rings is 1. The molecule has 0 atom stereocenters. The first kappa shape index (κ1) is 28.8. The molecule has 0 saturated carbocycles. The van der Waals surface area contributed by atoms with Gasteiger partial charge in [0.05, 0.1) is 24.8 Å². The number of aromatic nitrogens is 2. The number of aryl methyl sites for hydroxylation is 2. The van der Waals surface area contributed by atoms with Gasteiger partial charge in [-0.25, -0.2) is 9.37 Å². The molecule has 0 bridgehead atoms. The SMILES string of the molecule is C#C.CCc1ccc(F)cc1.COc1cc(/C=C2\NC(=NCCCO)NC2=O)ccc1-n1cnc(C)c1. The number of amides is 1. The van der Waals surface area contributed by atoms with Crippen LogP contribution in [0.5, 0.6) is 5.75 Å². The topological polar surface area (TPSA) is 101 Å². The third kappa shape index (κ3) is 8.63. The number of aliphatic hydroxyl groups is 1. The van der Waals surface area contributed by atoms with E-state index >= 15 is 0 Å². The normalized spacial score (nSPS) is 14.2. The summed E-state index contributed by atoms with van der Waals surface area (Å²) in [6, 6.07) is 12.2. The molecule has 2 aromatic carbocycles. The van der Waals surface area contributed by atoms with E-state index in [1.165, 1.54) is 17.7 Å². The number of benzene rings is 2. The smallest absolute Gasteiger partial charge is 0.274 e. The van der Waals surface area contributed by atoms with Crippen molar-refractivity contribution in [3.8, 4) is 24.3 Å². The number of methoxy groups -OCH3 is 1. The molecule has 8 nitrogen and oxygen atoms in total. The summed E-state index contributed by atoms with van der Waals surface area (Å²) in [6.45, 7) is 4.48. The molecule has 1 aliphatic rings. The molecule has 37 heavy (non-hydrogen) atoms. The fourth-order valence-corrected chi connectivity index (χ4v) is 3.27. The number of aliphatic imine (C=N–C) groups is 1. The first-order valence-corrected chi connectivity index (χ1v) is 11.7. The van der Waals surface area contributed by atoms with Gasteiger partial charge in [0.2, 0.25) is 5.96 Å². The Morgan fingerprint density at radius 2 is 1.92 bits per heavy atom. The lowest BCUT2D eigenvalue weighted by Gasteiger charge is -2.10. The highest BCUT2D eigenvalue weighted by atomic mass is 19.1. The monoisotopic (exact) mass is 505 g/mol. The Hall–Kier alpha value is -4.42. The number of ether oxygens (including phenoxy) is 1. The fourth-order valence-electron chi connectivity index (χ4n) is 3.27. The van der Waals surface area contributed by atoms with E-state index in [0.29, 0.717) is 30.4 Å². The molecule has 1 amide bonds. The lowest BCUT2D eigenvalue weighted by Crippen LogP contribution is -2.25. The highest BCUT2D eigenvalue weighted by Gasteiger charge is 2.21. The van der Waals surface area contributed by atoms with Crippen molar-refractivity contribution in [1.82, 2.24) is 20.2 Å². The molecule has 2 heterocycles. The van der Waals surface area contributed by atoms with Gasteiger partial charge in [-0.1, -0.05) is 25.1 Å². The van der Waals surface area contributed by atoms with E-state index in [9.17, 15) is 9.18 Å². The Labute approximate surface area is 216 Å². The number of nitrogens with one attached hydrogen (secondary N) is 2. The van der Waals surface area contributed by atoms with Gasteiger partial charge >= 0.3 is 0 Å². The number of guanidine groups is 1. The average Bonchev–Trinajstić information content (AvgIpc) is 3.51. The van der Waals surface area contributed by atoms with Crippen molar-refractivity contribution in [3.63, 3.8) is 0 Å². The molecular formula is C28H32FN5O3. The summed E-state index contributed by atoms with van der Waals surface area (Å²) in [5.74, 6) is 0.660. The van der Waals surface area contributed by atoms with E-state index in [2.05, 4.69) is 33.5 Å². The summed E-state index contributed by atoms with van der Waals surface area (Å²) in [5.41, 5.74) is 4.18. The summed E-state index contributed by atoms with van der Waals surface area (Å²) in [6.07, 6.45) is 14.9. The van der Waals surface area contributed by atoms with Crippen molar-refractivity contribution < 1.29 is 19.0 Å². The summed E-state index contributed by atoms with van der Waals surface area (Å²) < 4.78 is 19.6. The van der Waals surface area contributed by atoms with E-state index in [4.69, 9.17) is 9.84 Å². The minimum Gasteiger partial charge on any atom is -0.495 e. The number of aliphatic hydroxyl groups excluding tert-OH is 1. The van der Waals surface area contributed by atoms with Crippen molar-refractivity contribution in [2.75, 3.05) is 20.3 Å². The van der Waals surface area contributed by atoms with Crippen LogP contribution in [0.1, 0.15) is 30.2 Å². The highest BCUT2D eigenvalue weighted by molar-refractivity contribution is 6.15. The lowest BCUT2D eigenvalue weighted by molar-refractivity contribution is -0.115. The second-order valence-corrected chi connectivity index (χ2v) is 7.78. The fraction of sp³-hybridized carbons (Fsp3) is 0.250. The summed E-state index contributed by atoms with van der Waals surface area (Å²) in [5, 5.41) is 14.4. The lowest BCUT2D eigenvalue weighted by atomic mass is 10.1. The van der Waals surface area contributed by atoms with E-state index in [0.717, 1.165) is 23.4 Å². The van der Waals surface area contributed by atoms with Crippen LogP contribution in [0.4, 0.5) is 4.39 Å². The number of rotatable bonds is 7. The maximum absolute atomic E-state index is 12.2. The highest BCUT2D eigenvalue weighted by Crippen LogP contribution is 2.25. The second-order valence-electron chi connectivity index (χ2n) is 7.78. The van der Waals surface area contributed by atoms with Gasteiger partial charge in [0.15, 0.2) is 0 Å². The summed E-state index contributed by atoms with van der Waals surface area (Å²) in [4.78, 5) is 20.5. The molecular weight excluding hydrogens is 473 g/mol. The number of carbonyl (C=O) groups excluding carboxylic acids is 1. The number of nitrogens with zero attached hydrogens (tertiary/aromatic N) is 3. The maximum atomic E-state index is 12.2. The first-order valence-electron chi connectivity index (χ1n) is 11.7. The zero-order chi connectivity index (χ0) is 27.2. The minimum absolute atomic E-state index is 0.0655. The second kappa shape index (κ2) is 14.9. The molecule has 0 radical (unpaired) electrons. The van der Waals surface area contributed by atoms with E-state index in [1.54, 1.807) is 31.6 Å². The van der Waals surface area contributed by atoms with Crippen LogP contribution in [0.2, 0.25) is 0 Å². The number of carbonyl (C=O) groups is 1. The molecule has 1 aromatic heterocycles. The number of halogens is 1. The largest absolute Gasteiger partial charge is 0.495 e. The molecule has 1 saturated heterocycles. The third-order valence-electron chi connectivity index (χ3n) is 5.14. The van der Waals surface area contributed by atoms with Crippen molar-refractivity contribution >= 4 is 17.9 Å². The molecule has 0 aliphatic carbocycles. The molecule has 1 aliphatic heterocycles. The van der Waals surface area contributed by atoms with Gasteiger partial charge in [-0.2, -0.15) is 0 Å². The van der Waals surface area contributed by atoms with E-state index in [-0.39, 0.29) is 18.3 Å².